The van der Waals surface area contributed by atoms with Crippen molar-refractivity contribution in [2.24, 2.45) is 0 Å². The van der Waals surface area contributed by atoms with Crippen LogP contribution >= 0.6 is 0 Å². The van der Waals surface area contributed by atoms with Crippen LogP contribution in [-0.4, -0.2) is 30.6 Å². The number of furan rings is 2. The predicted octanol–water partition coefficient (Wildman–Crippen LogP) is 4.52. The van der Waals surface area contributed by atoms with Gasteiger partial charge in [0.25, 0.3) is 5.91 Å². The number of fused-ring (bicyclic) bond motifs is 1. The Morgan fingerprint density at radius 2 is 1.90 bits per heavy atom. The molecule has 0 aliphatic carbocycles. The third kappa shape index (κ3) is 4.34. The molecule has 3 N–H and O–H groups in total. The van der Waals surface area contributed by atoms with E-state index in [1.54, 1.807) is 25.4 Å². The second-order valence-corrected chi connectivity index (χ2v) is 7.58. The molecule has 0 aliphatic rings. The van der Waals surface area contributed by atoms with Crippen molar-refractivity contribution in [3.8, 4) is 17.1 Å². The van der Waals surface area contributed by atoms with E-state index in [0.29, 0.717) is 40.8 Å². The summed E-state index contributed by atoms with van der Waals surface area (Å²) in [7, 11) is 1.59. The quantitative estimate of drug-likeness (QED) is 0.392. The molecule has 160 valence electrons. The molecule has 2 aromatic carbocycles. The summed E-state index contributed by atoms with van der Waals surface area (Å²) in [4.78, 5) is 12.8. The van der Waals surface area contributed by atoms with Crippen LogP contribution in [0.25, 0.3) is 22.3 Å². The molecule has 4 rings (SSSR count). The highest BCUT2D eigenvalue weighted by atomic mass is 16.3. The van der Waals surface area contributed by atoms with Gasteiger partial charge in [-0.2, -0.15) is 0 Å². The van der Waals surface area contributed by atoms with Gasteiger partial charge in [0.1, 0.15) is 22.9 Å². The summed E-state index contributed by atoms with van der Waals surface area (Å²) in [6, 6.07) is 16.9. The molecule has 0 saturated carbocycles. The Morgan fingerprint density at radius 1 is 1.10 bits per heavy atom. The van der Waals surface area contributed by atoms with Gasteiger partial charge in [0.2, 0.25) is 0 Å². The summed E-state index contributed by atoms with van der Waals surface area (Å²) in [5.41, 5.74) is 2.53. The van der Waals surface area contributed by atoms with Crippen molar-refractivity contribution in [2.75, 3.05) is 13.6 Å². The maximum Gasteiger partial charge on any atom is 0.255 e. The number of hydrogen-bond donors (Lipinski definition) is 3. The Kier molecular flexibility index (Phi) is 6.09. The standard InChI is InChI=1S/C25H26N2O4/c1-16(15-18-9-6-14-30-18)27-13-12-19-20(28)10-11-21-22(19)23(25(29)26-2)24(31-21)17-7-4-3-5-8-17/h3-11,14,16,27-28H,12-13,15H2,1-2H3,(H,26,29)/t16-/m1/s1. The summed E-state index contributed by atoms with van der Waals surface area (Å²) in [5.74, 6) is 1.33. The van der Waals surface area contributed by atoms with Crippen molar-refractivity contribution in [3.05, 3.63) is 77.7 Å². The first-order valence-electron chi connectivity index (χ1n) is 10.4. The molecule has 6 nitrogen and oxygen atoms in total. The first-order valence-corrected chi connectivity index (χ1v) is 10.4. The molecule has 0 saturated heterocycles. The van der Waals surface area contributed by atoms with Crippen LogP contribution in [0, 0.1) is 0 Å². The molecule has 2 aromatic heterocycles. The number of rotatable bonds is 8. The average molecular weight is 418 g/mol. The van der Waals surface area contributed by atoms with E-state index in [2.05, 4.69) is 17.6 Å². The number of phenols is 1. The first kappa shape index (κ1) is 20.8. The maximum absolute atomic E-state index is 12.8. The smallest absolute Gasteiger partial charge is 0.255 e. The van der Waals surface area contributed by atoms with Crippen molar-refractivity contribution >= 4 is 16.9 Å². The number of aromatic hydroxyl groups is 1. The number of phenolic OH excluding ortho intramolecular Hbond substituents is 1. The SMILES string of the molecule is CNC(=O)c1c(-c2ccccc2)oc2ccc(O)c(CCN[C@H](C)Cc3ccco3)c12. The zero-order valence-electron chi connectivity index (χ0n) is 17.6. The third-order valence-corrected chi connectivity index (χ3v) is 5.38. The number of amides is 1. The second kappa shape index (κ2) is 9.10. The van der Waals surface area contributed by atoms with Gasteiger partial charge in [0, 0.05) is 36.0 Å². The monoisotopic (exact) mass is 418 g/mol. The fraction of sp³-hybridized carbons (Fsp3) is 0.240. The maximum atomic E-state index is 12.8. The van der Waals surface area contributed by atoms with Crippen LogP contribution in [0.15, 0.2) is 69.7 Å². The Morgan fingerprint density at radius 3 is 2.61 bits per heavy atom. The molecule has 1 atom stereocenters. The lowest BCUT2D eigenvalue weighted by Gasteiger charge is -2.13. The third-order valence-electron chi connectivity index (χ3n) is 5.38. The van der Waals surface area contributed by atoms with Crippen molar-refractivity contribution in [1.82, 2.24) is 10.6 Å². The van der Waals surface area contributed by atoms with Crippen molar-refractivity contribution < 1.29 is 18.7 Å². The summed E-state index contributed by atoms with van der Waals surface area (Å²) < 4.78 is 11.5. The fourth-order valence-corrected chi connectivity index (χ4v) is 3.88. The number of carbonyl (C=O) groups excluding carboxylic acids is 1. The van der Waals surface area contributed by atoms with Crippen LogP contribution in [0.5, 0.6) is 5.75 Å². The molecule has 31 heavy (non-hydrogen) atoms. The minimum Gasteiger partial charge on any atom is -0.508 e. The molecule has 0 spiro atoms. The molecule has 0 unspecified atom stereocenters. The lowest BCUT2D eigenvalue weighted by Crippen LogP contribution is -2.30. The summed E-state index contributed by atoms with van der Waals surface area (Å²) in [5, 5.41) is 17.4. The van der Waals surface area contributed by atoms with Crippen molar-refractivity contribution in [3.63, 3.8) is 0 Å². The van der Waals surface area contributed by atoms with E-state index in [0.717, 1.165) is 17.7 Å². The molecule has 0 aliphatic heterocycles. The lowest BCUT2D eigenvalue weighted by atomic mass is 9.98. The van der Waals surface area contributed by atoms with E-state index in [1.807, 2.05) is 42.5 Å². The number of benzene rings is 2. The Bertz CT molecular complexity index is 1160. The van der Waals surface area contributed by atoms with Gasteiger partial charge >= 0.3 is 0 Å². The Labute approximate surface area is 180 Å². The van der Waals surface area contributed by atoms with Gasteiger partial charge in [0.05, 0.1) is 11.8 Å². The van der Waals surface area contributed by atoms with E-state index in [1.165, 1.54) is 0 Å². The van der Waals surface area contributed by atoms with Crippen LogP contribution in [0.1, 0.15) is 28.6 Å². The molecule has 0 bridgehead atoms. The Hall–Kier alpha value is -3.51. The van der Waals surface area contributed by atoms with Gasteiger partial charge in [-0.3, -0.25) is 4.79 Å². The van der Waals surface area contributed by atoms with Crippen LogP contribution < -0.4 is 10.6 Å². The Balaban J connectivity index is 1.65. The number of nitrogens with one attached hydrogen (secondary N) is 2. The van der Waals surface area contributed by atoms with Crippen LogP contribution in [0.2, 0.25) is 0 Å². The van der Waals surface area contributed by atoms with E-state index >= 15 is 0 Å². The largest absolute Gasteiger partial charge is 0.508 e. The van der Waals surface area contributed by atoms with E-state index < -0.39 is 0 Å². The minimum atomic E-state index is -0.247. The molecule has 1 amide bonds. The molecule has 0 radical (unpaired) electrons. The second-order valence-electron chi connectivity index (χ2n) is 7.58. The molecular weight excluding hydrogens is 392 g/mol. The highest BCUT2D eigenvalue weighted by molar-refractivity contribution is 6.12. The van der Waals surface area contributed by atoms with Gasteiger partial charge in [-0.15, -0.1) is 0 Å². The van der Waals surface area contributed by atoms with Crippen LogP contribution in [0.3, 0.4) is 0 Å². The zero-order chi connectivity index (χ0) is 21.8. The summed E-state index contributed by atoms with van der Waals surface area (Å²) >= 11 is 0. The van der Waals surface area contributed by atoms with Crippen molar-refractivity contribution in [1.29, 1.82) is 0 Å². The van der Waals surface area contributed by atoms with E-state index in [9.17, 15) is 9.90 Å². The van der Waals surface area contributed by atoms with Crippen LogP contribution in [0.4, 0.5) is 0 Å². The van der Waals surface area contributed by atoms with Gasteiger partial charge in [-0.05, 0) is 44.2 Å². The molecule has 4 aromatic rings. The predicted molar refractivity (Wildman–Crippen MR) is 120 cm³/mol. The fourth-order valence-electron chi connectivity index (χ4n) is 3.88. The lowest BCUT2D eigenvalue weighted by molar-refractivity contribution is 0.0964. The first-order chi connectivity index (χ1) is 15.1. The normalized spacial score (nSPS) is 12.2. The topological polar surface area (TPSA) is 87.6 Å². The summed E-state index contributed by atoms with van der Waals surface area (Å²) in [6.07, 6.45) is 2.99. The average Bonchev–Trinajstić information content (AvgIpc) is 3.43. The van der Waals surface area contributed by atoms with Crippen molar-refractivity contribution in [2.45, 2.75) is 25.8 Å². The molecule has 6 heteroatoms. The van der Waals surface area contributed by atoms with E-state index in [4.69, 9.17) is 8.83 Å². The molecule has 2 heterocycles. The van der Waals surface area contributed by atoms with E-state index in [-0.39, 0.29) is 17.7 Å². The van der Waals surface area contributed by atoms with Gasteiger partial charge in [0.15, 0.2) is 0 Å². The molecule has 0 fully saturated rings. The number of hydrogen-bond acceptors (Lipinski definition) is 5. The summed E-state index contributed by atoms with van der Waals surface area (Å²) in [6.45, 7) is 2.72. The highest BCUT2D eigenvalue weighted by Gasteiger charge is 2.25. The molecular formula is C25H26N2O4. The minimum absolute atomic E-state index is 0.151. The van der Waals surface area contributed by atoms with Crippen LogP contribution in [-0.2, 0) is 12.8 Å². The van der Waals surface area contributed by atoms with Gasteiger partial charge in [-0.1, -0.05) is 30.3 Å². The zero-order valence-corrected chi connectivity index (χ0v) is 17.6. The van der Waals surface area contributed by atoms with Gasteiger partial charge < -0.3 is 24.6 Å². The highest BCUT2D eigenvalue weighted by Crippen LogP contribution is 2.38. The van der Waals surface area contributed by atoms with Gasteiger partial charge in [-0.25, -0.2) is 0 Å². The number of carbonyl (C=O) groups is 1.